The lowest BCUT2D eigenvalue weighted by Crippen LogP contribution is -2.53. The van der Waals surface area contributed by atoms with Crippen molar-refractivity contribution < 1.29 is 5.11 Å². The van der Waals surface area contributed by atoms with Crippen LogP contribution in [0.2, 0.25) is 0 Å². The Morgan fingerprint density at radius 2 is 2.17 bits per heavy atom. The van der Waals surface area contributed by atoms with Crippen LogP contribution in [-0.2, 0) is 6.42 Å². The molecule has 0 radical (unpaired) electrons. The van der Waals surface area contributed by atoms with Crippen molar-refractivity contribution in [3.8, 4) is 0 Å². The zero-order chi connectivity index (χ0) is 13.0. The molecule has 1 aromatic rings. The Bertz CT molecular complexity index is 345. The maximum Gasteiger partial charge on any atom is 0.0724 e. The van der Waals surface area contributed by atoms with E-state index in [9.17, 15) is 5.11 Å². The number of hydrogen-bond donors (Lipinski definition) is 1. The molecule has 0 amide bonds. The highest BCUT2D eigenvalue weighted by atomic mass is 32.1. The van der Waals surface area contributed by atoms with Gasteiger partial charge in [-0.05, 0) is 74.5 Å². The van der Waals surface area contributed by atoms with Crippen molar-refractivity contribution in [1.29, 1.82) is 0 Å². The first-order valence-corrected chi connectivity index (χ1v) is 8.05. The van der Waals surface area contributed by atoms with Gasteiger partial charge in [0.2, 0.25) is 0 Å². The van der Waals surface area contributed by atoms with Crippen LogP contribution in [-0.4, -0.2) is 34.7 Å². The third-order valence-corrected chi connectivity index (χ3v) is 5.28. The Morgan fingerprint density at radius 1 is 1.44 bits per heavy atom. The average molecular weight is 267 g/mol. The van der Waals surface area contributed by atoms with Crippen LogP contribution in [0.25, 0.3) is 0 Å². The van der Waals surface area contributed by atoms with Gasteiger partial charge in [0.15, 0.2) is 0 Å². The summed E-state index contributed by atoms with van der Waals surface area (Å²) in [4.78, 5) is 2.49. The van der Waals surface area contributed by atoms with E-state index in [0.29, 0.717) is 0 Å². The number of nitrogens with zero attached hydrogens (tertiary/aromatic N) is 1. The van der Waals surface area contributed by atoms with E-state index in [-0.39, 0.29) is 11.6 Å². The Kier molecular flexibility index (Phi) is 4.82. The molecule has 2 nitrogen and oxygen atoms in total. The SMILES string of the molecule is CCC(C)(C(O)CCc1ccsc1)N1CCCC1. The minimum absolute atomic E-state index is 0.0352. The van der Waals surface area contributed by atoms with E-state index in [1.165, 1.54) is 18.4 Å². The second-order valence-corrected chi connectivity index (χ2v) is 6.37. The van der Waals surface area contributed by atoms with Crippen LogP contribution in [0.1, 0.15) is 45.1 Å². The number of thiophene rings is 1. The summed E-state index contributed by atoms with van der Waals surface area (Å²) in [6.07, 6.45) is 5.24. The average Bonchev–Trinajstić information content (AvgIpc) is 3.07. The Balaban J connectivity index is 1.93. The molecule has 1 fully saturated rings. The van der Waals surface area contributed by atoms with Gasteiger partial charge in [0.25, 0.3) is 0 Å². The minimum Gasteiger partial charge on any atom is -0.391 e. The molecule has 102 valence electrons. The van der Waals surface area contributed by atoms with Gasteiger partial charge in [0, 0.05) is 5.54 Å². The lowest BCUT2D eigenvalue weighted by molar-refractivity contribution is -0.0163. The molecule has 0 spiro atoms. The molecule has 2 heterocycles. The highest BCUT2D eigenvalue weighted by molar-refractivity contribution is 7.07. The van der Waals surface area contributed by atoms with Gasteiger partial charge in [0.1, 0.15) is 0 Å². The van der Waals surface area contributed by atoms with Gasteiger partial charge >= 0.3 is 0 Å². The first kappa shape index (κ1) is 14.0. The summed E-state index contributed by atoms with van der Waals surface area (Å²) in [5.41, 5.74) is 1.32. The zero-order valence-corrected chi connectivity index (χ0v) is 12.4. The molecule has 0 bridgehead atoms. The molecule has 3 heteroatoms. The lowest BCUT2D eigenvalue weighted by Gasteiger charge is -2.42. The summed E-state index contributed by atoms with van der Waals surface area (Å²) in [6.45, 7) is 6.74. The molecule has 0 aromatic carbocycles. The van der Waals surface area contributed by atoms with Crippen molar-refractivity contribution in [3.63, 3.8) is 0 Å². The van der Waals surface area contributed by atoms with Crippen LogP contribution < -0.4 is 0 Å². The lowest BCUT2D eigenvalue weighted by atomic mass is 9.86. The quantitative estimate of drug-likeness (QED) is 0.855. The fraction of sp³-hybridized carbons (Fsp3) is 0.733. The van der Waals surface area contributed by atoms with E-state index in [4.69, 9.17) is 0 Å². The molecule has 0 aliphatic carbocycles. The smallest absolute Gasteiger partial charge is 0.0724 e. The van der Waals surface area contributed by atoms with Crippen molar-refractivity contribution in [3.05, 3.63) is 22.4 Å². The monoisotopic (exact) mass is 267 g/mol. The van der Waals surface area contributed by atoms with Gasteiger partial charge in [-0.3, -0.25) is 4.90 Å². The normalized spacial score (nSPS) is 21.9. The zero-order valence-electron chi connectivity index (χ0n) is 11.6. The van der Waals surface area contributed by atoms with Gasteiger partial charge in [-0.15, -0.1) is 0 Å². The van der Waals surface area contributed by atoms with E-state index < -0.39 is 0 Å². The van der Waals surface area contributed by atoms with Gasteiger partial charge in [-0.1, -0.05) is 6.92 Å². The molecule has 2 rings (SSSR count). The predicted molar refractivity (Wildman–Crippen MR) is 78.1 cm³/mol. The summed E-state index contributed by atoms with van der Waals surface area (Å²) in [6, 6.07) is 2.16. The molecule has 2 unspecified atom stereocenters. The molecular formula is C15H25NOS. The molecule has 1 aromatic heterocycles. The highest BCUT2D eigenvalue weighted by Gasteiger charge is 2.38. The number of aliphatic hydroxyl groups excluding tert-OH is 1. The van der Waals surface area contributed by atoms with Crippen LogP contribution in [0.4, 0.5) is 0 Å². The molecule has 18 heavy (non-hydrogen) atoms. The van der Waals surface area contributed by atoms with E-state index in [0.717, 1.165) is 32.4 Å². The third-order valence-electron chi connectivity index (χ3n) is 4.55. The van der Waals surface area contributed by atoms with Crippen LogP contribution in [0.5, 0.6) is 0 Å². The van der Waals surface area contributed by atoms with Gasteiger partial charge in [0.05, 0.1) is 6.10 Å². The number of hydrogen-bond acceptors (Lipinski definition) is 3. The Hall–Kier alpha value is -0.380. The Morgan fingerprint density at radius 3 is 2.72 bits per heavy atom. The van der Waals surface area contributed by atoms with E-state index >= 15 is 0 Å². The van der Waals surface area contributed by atoms with Crippen LogP contribution in [0, 0.1) is 0 Å². The summed E-state index contributed by atoms with van der Waals surface area (Å²) in [7, 11) is 0. The second kappa shape index (κ2) is 6.18. The summed E-state index contributed by atoms with van der Waals surface area (Å²) in [5, 5.41) is 14.9. The van der Waals surface area contributed by atoms with Gasteiger partial charge < -0.3 is 5.11 Å². The largest absolute Gasteiger partial charge is 0.391 e. The minimum atomic E-state index is -0.222. The summed E-state index contributed by atoms with van der Waals surface area (Å²) >= 11 is 1.74. The molecule has 2 atom stereocenters. The van der Waals surface area contributed by atoms with Gasteiger partial charge in [-0.25, -0.2) is 0 Å². The maximum absolute atomic E-state index is 10.6. The number of rotatable bonds is 6. The number of aliphatic hydroxyl groups is 1. The highest BCUT2D eigenvalue weighted by Crippen LogP contribution is 2.30. The van der Waals surface area contributed by atoms with Crippen LogP contribution in [0.15, 0.2) is 16.8 Å². The summed E-state index contributed by atoms with van der Waals surface area (Å²) < 4.78 is 0. The van der Waals surface area contributed by atoms with Gasteiger partial charge in [-0.2, -0.15) is 11.3 Å². The molecular weight excluding hydrogens is 242 g/mol. The Labute approximate surface area is 115 Å². The van der Waals surface area contributed by atoms with Crippen molar-refractivity contribution >= 4 is 11.3 Å². The molecule has 1 N–H and O–H groups in total. The van der Waals surface area contributed by atoms with Crippen molar-refractivity contribution in [1.82, 2.24) is 4.90 Å². The van der Waals surface area contributed by atoms with E-state index in [1.807, 2.05) is 0 Å². The number of aryl methyl sites for hydroxylation is 1. The van der Waals surface area contributed by atoms with Crippen molar-refractivity contribution in [2.75, 3.05) is 13.1 Å². The molecule has 0 saturated carbocycles. The van der Waals surface area contributed by atoms with E-state index in [1.54, 1.807) is 11.3 Å². The van der Waals surface area contributed by atoms with Crippen molar-refractivity contribution in [2.45, 2.75) is 57.6 Å². The van der Waals surface area contributed by atoms with Crippen LogP contribution in [0.3, 0.4) is 0 Å². The van der Waals surface area contributed by atoms with E-state index in [2.05, 4.69) is 35.6 Å². The fourth-order valence-corrected chi connectivity index (χ4v) is 3.65. The molecule has 1 saturated heterocycles. The summed E-state index contributed by atoms with van der Waals surface area (Å²) in [5.74, 6) is 0. The molecule has 1 aliphatic heterocycles. The first-order chi connectivity index (χ1) is 8.66. The number of likely N-dealkylation sites (tertiary alicyclic amines) is 1. The first-order valence-electron chi connectivity index (χ1n) is 7.11. The topological polar surface area (TPSA) is 23.5 Å². The predicted octanol–water partition coefficient (Wildman–Crippen LogP) is 3.31. The third kappa shape index (κ3) is 2.95. The molecule has 1 aliphatic rings. The van der Waals surface area contributed by atoms with Crippen LogP contribution >= 0.6 is 11.3 Å². The fourth-order valence-electron chi connectivity index (χ4n) is 2.95. The maximum atomic E-state index is 10.6. The standard InChI is InChI=1S/C15H25NOS/c1-3-15(2,16-9-4-5-10-16)14(17)7-6-13-8-11-18-12-13/h8,11-12,14,17H,3-7,9-10H2,1-2H3. The second-order valence-electron chi connectivity index (χ2n) is 5.59. The van der Waals surface area contributed by atoms with Crippen molar-refractivity contribution in [2.24, 2.45) is 0 Å².